The molecule has 3 N–H and O–H groups in total. The molecule has 84 valence electrons. The standard InChI is InChI=1S/C10H16N2O2S/c1-3-6(2)4-5-7-8(13)11-10(15)12-9(7)14/h6H,3-5H2,1-2H3,(H3,11,12,13,14,15). The third-order valence-corrected chi connectivity index (χ3v) is 2.81. The van der Waals surface area contributed by atoms with Crippen molar-refractivity contribution >= 4 is 12.2 Å². The van der Waals surface area contributed by atoms with Crippen LogP contribution in [0.15, 0.2) is 4.79 Å². The molecule has 1 atom stereocenters. The third kappa shape index (κ3) is 3.20. The van der Waals surface area contributed by atoms with Crippen LogP contribution in [0, 0.1) is 10.7 Å². The van der Waals surface area contributed by atoms with Crippen LogP contribution in [0.1, 0.15) is 32.3 Å². The van der Waals surface area contributed by atoms with E-state index >= 15 is 0 Å². The maximum Gasteiger partial charge on any atom is 0.258 e. The van der Waals surface area contributed by atoms with E-state index < -0.39 is 0 Å². The number of H-pyrrole nitrogens is 2. The van der Waals surface area contributed by atoms with Gasteiger partial charge in [-0.15, -0.1) is 0 Å². The maximum absolute atomic E-state index is 11.5. The quantitative estimate of drug-likeness (QED) is 0.691. The molecule has 0 aliphatic carbocycles. The SMILES string of the molecule is CCC(C)CCc1c(O)[nH]c(=S)[nH]c1=O. The second-order valence-corrected chi connectivity index (χ2v) is 4.20. The molecule has 0 fully saturated rings. The lowest BCUT2D eigenvalue weighted by molar-refractivity contribution is 0.434. The summed E-state index contributed by atoms with van der Waals surface area (Å²) in [5.41, 5.74) is 0.100. The van der Waals surface area contributed by atoms with E-state index in [2.05, 4.69) is 23.8 Å². The predicted octanol–water partition coefficient (Wildman–Crippen LogP) is 2.12. The molecule has 0 saturated heterocycles. The van der Waals surface area contributed by atoms with Gasteiger partial charge in [0.2, 0.25) is 0 Å². The Labute approximate surface area is 93.4 Å². The number of aromatic amines is 2. The topological polar surface area (TPSA) is 68.9 Å². The predicted molar refractivity (Wildman–Crippen MR) is 61.7 cm³/mol. The molecule has 15 heavy (non-hydrogen) atoms. The minimum Gasteiger partial charge on any atom is -0.494 e. The van der Waals surface area contributed by atoms with Crippen molar-refractivity contribution in [3.05, 3.63) is 20.7 Å². The van der Waals surface area contributed by atoms with E-state index in [0.29, 0.717) is 17.9 Å². The van der Waals surface area contributed by atoms with Gasteiger partial charge in [-0.3, -0.25) is 9.78 Å². The van der Waals surface area contributed by atoms with E-state index in [9.17, 15) is 9.90 Å². The molecule has 4 nitrogen and oxygen atoms in total. The van der Waals surface area contributed by atoms with Gasteiger partial charge in [-0.05, 0) is 31.0 Å². The number of rotatable bonds is 4. The highest BCUT2D eigenvalue weighted by Gasteiger charge is 2.08. The van der Waals surface area contributed by atoms with E-state index in [1.807, 2.05) is 0 Å². The van der Waals surface area contributed by atoms with Crippen molar-refractivity contribution in [3.63, 3.8) is 0 Å². The van der Waals surface area contributed by atoms with Crippen molar-refractivity contribution < 1.29 is 5.11 Å². The third-order valence-electron chi connectivity index (χ3n) is 2.60. The number of aromatic nitrogens is 2. The van der Waals surface area contributed by atoms with Gasteiger partial charge >= 0.3 is 0 Å². The number of hydrogen-bond acceptors (Lipinski definition) is 3. The molecule has 0 saturated carbocycles. The van der Waals surface area contributed by atoms with Gasteiger partial charge in [0.25, 0.3) is 5.56 Å². The van der Waals surface area contributed by atoms with Gasteiger partial charge in [0.1, 0.15) is 0 Å². The Morgan fingerprint density at radius 3 is 2.67 bits per heavy atom. The molecular weight excluding hydrogens is 212 g/mol. The fourth-order valence-electron chi connectivity index (χ4n) is 1.33. The largest absolute Gasteiger partial charge is 0.494 e. The van der Waals surface area contributed by atoms with Gasteiger partial charge in [-0.25, -0.2) is 0 Å². The number of nitrogens with one attached hydrogen (secondary N) is 2. The van der Waals surface area contributed by atoms with Crippen LogP contribution in [-0.2, 0) is 6.42 Å². The summed E-state index contributed by atoms with van der Waals surface area (Å²) in [4.78, 5) is 16.5. The zero-order chi connectivity index (χ0) is 11.4. The van der Waals surface area contributed by atoms with Gasteiger partial charge in [0.05, 0.1) is 5.56 Å². The summed E-state index contributed by atoms with van der Waals surface area (Å²) in [6.45, 7) is 4.23. The molecule has 1 aromatic heterocycles. The molecule has 0 bridgehead atoms. The molecule has 1 unspecified atom stereocenters. The maximum atomic E-state index is 11.5. The molecule has 0 amide bonds. The molecule has 0 aromatic carbocycles. The molecule has 1 aromatic rings. The van der Waals surface area contributed by atoms with Gasteiger partial charge in [0.15, 0.2) is 10.7 Å². The lowest BCUT2D eigenvalue weighted by atomic mass is 10.0. The van der Waals surface area contributed by atoms with Crippen LogP contribution in [0.4, 0.5) is 0 Å². The van der Waals surface area contributed by atoms with Crippen LogP contribution in [0.2, 0.25) is 0 Å². The molecule has 0 aliphatic rings. The molecule has 5 heteroatoms. The summed E-state index contributed by atoms with van der Waals surface area (Å²) in [6.07, 6.45) is 2.53. The fraction of sp³-hybridized carbons (Fsp3) is 0.600. The zero-order valence-corrected chi connectivity index (χ0v) is 9.78. The van der Waals surface area contributed by atoms with E-state index in [0.717, 1.165) is 12.8 Å². The first kappa shape index (κ1) is 12.0. The first-order chi connectivity index (χ1) is 7.04. The second-order valence-electron chi connectivity index (χ2n) is 3.79. The van der Waals surface area contributed by atoms with Crippen molar-refractivity contribution in [2.24, 2.45) is 5.92 Å². The van der Waals surface area contributed by atoms with Crippen molar-refractivity contribution in [3.8, 4) is 5.88 Å². The normalized spacial score (nSPS) is 12.7. The minimum atomic E-state index is -0.292. The van der Waals surface area contributed by atoms with E-state index in [1.165, 1.54) is 0 Å². The minimum absolute atomic E-state index is 0.105. The molecule has 1 rings (SSSR count). The van der Waals surface area contributed by atoms with Gasteiger partial charge in [0, 0.05) is 0 Å². The summed E-state index contributed by atoms with van der Waals surface area (Å²) < 4.78 is 0.157. The van der Waals surface area contributed by atoms with Crippen molar-refractivity contribution in [1.29, 1.82) is 0 Å². The van der Waals surface area contributed by atoms with Gasteiger partial charge < -0.3 is 10.1 Å². The molecule has 0 spiro atoms. The average Bonchev–Trinajstić information content (AvgIpc) is 2.15. The van der Waals surface area contributed by atoms with Gasteiger partial charge in [-0.1, -0.05) is 20.3 Å². The van der Waals surface area contributed by atoms with Crippen LogP contribution >= 0.6 is 12.2 Å². The van der Waals surface area contributed by atoms with Gasteiger partial charge in [-0.2, -0.15) is 0 Å². The second kappa shape index (κ2) is 5.11. The summed E-state index contributed by atoms with van der Waals surface area (Å²) in [5.74, 6) is 0.444. The first-order valence-electron chi connectivity index (χ1n) is 5.09. The summed E-state index contributed by atoms with van der Waals surface area (Å²) in [6, 6.07) is 0. The van der Waals surface area contributed by atoms with E-state index in [-0.39, 0.29) is 16.2 Å². The van der Waals surface area contributed by atoms with Crippen molar-refractivity contribution in [1.82, 2.24) is 9.97 Å². The van der Waals surface area contributed by atoms with Crippen LogP contribution in [0.3, 0.4) is 0 Å². The van der Waals surface area contributed by atoms with Crippen molar-refractivity contribution in [2.75, 3.05) is 0 Å². The smallest absolute Gasteiger partial charge is 0.258 e. The summed E-state index contributed by atoms with van der Waals surface area (Å²) >= 11 is 4.73. The monoisotopic (exact) mass is 228 g/mol. The lowest BCUT2D eigenvalue weighted by Gasteiger charge is -2.08. The Balaban J connectivity index is 2.86. The Kier molecular flexibility index (Phi) is 4.08. The summed E-state index contributed by atoms with van der Waals surface area (Å²) in [7, 11) is 0. The van der Waals surface area contributed by atoms with Crippen LogP contribution in [0.5, 0.6) is 5.88 Å². The Morgan fingerprint density at radius 1 is 1.47 bits per heavy atom. The molecule has 0 aliphatic heterocycles. The highest BCUT2D eigenvalue weighted by atomic mass is 32.1. The van der Waals surface area contributed by atoms with Crippen LogP contribution in [-0.4, -0.2) is 15.1 Å². The highest BCUT2D eigenvalue weighted by molar-refractivity contribution is 7.71. The Hall–Kier alpha value is -1.10. The fourth-order valence-corrected chi connectivity index (χ4v) is 1.52. The van der Waals surface area contributed by atoms with Crippen LogP contribution < -0.4 is 5.56 Å². The molecule has 1 heterocycles. The Morgan fingerprint density at radius 2 is 2.13 bits per heavy atom. The van der Waals surface area contributed by atoms with Crippen LogP contribution in [0.25, 0.3) is 0 Å². The van der Waals surface area contributed by atoms with E-state index in [4.69, 9.17) is 12.2 Å². The average molecular weight is 228 g/mol. The molecular formula is C10H16N2O2S. The van der Waals surface area contributed by atoms with Crippen molar-refractivity contribution in [2.45, 2.75) is 33.1 Å². The Bertz CT molecular complexity index is 436. The number of aromatic hydroxyl groups is 1. The highest BCUT2D eigenvalue weighted by Crippen LogP contribution is 2.14. The van der Waals surface area contributed by atoms with E-state index in [1.54, 1.807) is 0 Å². The number of hydrogen-bond donors (Lipinski definition) is 3. The summed E-state index contributed by atoms with van der Waals surface area (Å²) in [5, 5.41) is 9.52. The first-order valence-corrected chi connectivity index (χ1v) is 5.49. The molecule has 0 radical (unpaired) electrons. The lowest BCUT2D eigenvalue weighted by Crippen LogP contribution is -2.15. The zero-order valence-electron chi connectivity index (χ0n) is 8.96.